The van der Waals surface area contributed by atoms with Crippen LogP contribution < -0.4 is 29.1 Å². The minimum Gasteiger partial charge on any atom is -0.497 e. The molecule has 4 aromatic carbocycles. The summed E-state index contributed by atoms with van der Waals surface area (Å²) >= 11 is 4.78. The highest BCUT2D eigenvalue weighted by molar-refractivity contribution is 9.10. The molecule has 48 heavy (non-hydrogen) atoms. The van der Waals surface area contributed by atoms with E-state index < -0.39 is 6.04 Å². The Morgan fingerprint density at radius 3 is 2.42 bits per heavy atom. The maximum Gasteiger partial charge on any atom is 0.271 e. The largest absolute Gasteiger partial charge is 0.497 e. The molecule has 0 saturated carbocycles. The molecular weight excluding hydrogens is 690 g/mol. The minimum atomic E-state index is -0.790. The van der Waals surface area contributed by atoms with Crippen molar-refractivity contribution in [1.82, 2.24) is 9.47 Å². The maximum absolute atomic E-state index is 14.6. The molecule has 246 valence electrons. The lowest BCUT2D eigenvalue weighted by Gasteiger charge is -2.30. The molecule has 1 amide bonds. The molecule has 6 rings (SSSR count). The average Bonchev–Trinajstić information content (AvgIpc) is 3.41. The number of hydrogen-bond acceptors (Lipinski definition) is 7. The van der Waals surface area contributed by atoms with Gasteiger partial charge in [0.25, 0.3) is 11.5 Å². The molecule has 0 spiro atoms. The summed E-state index contributed by atoms with van der Waals surface area (Å²) in [7, 11) is 3.16. The van der Waals surface area contributed by atoms with Gasteiger partial charge < -0.3 is 19.1 Å². The van der Waals surface area contributed by atoms with Crippen molar-refractivity contribution >= 4 is 50.0 Å². The van der Waals surface area contributed by atoms with Crippen LogP contribution in [0, 0.1) is 0 Å². The summed E-state index contributed by atoms with van der Waals surface area (Å²) in [6.07, 6.45) is 1.88. The van der Waals surface area contributed by atoms with E-state index in [4.69, 9.17) is 19.2 Å². The first-order chi connectivity index (χ1) is 23.3. The summed E-state index contributed by atoms with van der Waals surface area (Å²) in [6.45, 7) is 7.10. The molecule has 0 saturated heterocycles. The van der Waals surface area contributed by atoms with Gasteiger partial charge in [-0.1, -0.05) is 69.7 Å². The van der Waals surface area contributed by atoms with E-state index in [0.717, 1.165) is 26.4 Å². The van der Waals surface area contributed by atoms with Crippen LogP contribution in [0.15, 0.2) is 104 Å². The minimum absolute atomic E-state index is 0.178. The SMILES string of the molecule is CCN(CC)C(=O)C1=C(C)N=c2s/c(=C/c3c(OCc4ccc(Br)cc4)ccc4ccccc34)c(=O)n2[C@H]1c1cc(OC)ccc1OC. The average molecular weight is 727 g/mol. The normalized spacial score (nSPS) is 14.5. The Morgan fingerprint density at radius 1 is 0.979 bits per heavy atom. The Bertz CT molecular complexity index is 2220. The van der Waals surface area contributed by atoms with Gasteiger partial charge in [0.15, 0.2) is 4.80 Å². The third kappa shape index (κ3) is 6.30. The molecule has 1 atom stereocenters. The van der Waals surface area contributed by atoms with Gasteiger partial charge in [0.05, 0.1) is 30.0 Å². The number of aromatic nitrogens is 1. The predicted molar refractivity (Wildman–Crippen MR) is 194 cm³/mol. The molecule has 0 radical (unpaired) electrons. The van der Waals surface area contributed by atoms with E-state index in [9.17, 15) is 9.59 Å². The second-order valence-corrected chi connectivity index (χ2v) is 13.2. The Hall–Kier alpha value is -4.67. The van der Waals surface area contributed by atoms with Gasteiger partial charge in [0, 0.05) is 28.7 Å². The van der Waals surface area contributed by atoms with Crippen molar-refractivity contribution in [2.75, 3.05) is 27.3 Å². The summed E-state index contributed by atoms with van der Waals surface area (Å²) < 4.78 is 20.8. The van der Waals surface area contributed by atoms with Gasteiger partial charge in [0.1, 0.15) is 29.9 Å². The Balaban J connectivity index is 1.57. The molecular formula is C38H36BrN3O5S. The Labute approximate surface area is 291 Å². The number of likely N-dealkylation sites (N-methyl/N-ethyl adjacent to an activating group) is 1. The molecule has 2 heterocycles. The second-order valence-electron chi connectivity index (χ2n) is 11.3. The number of rotatable bonds is 10. The van der Waals surface area contributed by atoms with Crippen LogP contribution in [0.25, 0.3) is 16.8 Å². The standard InChI is InChI=1S/C38H36BrN3O5S/c1-6-41(7-2)37(44)34-23(3)40-38-42(35(34)30-20-27(45-4)17-19-31(30)46-5)36(43)33(48-38)21-29-28-11-9-8-10-25(28)14-18-32(29)47-22-24-12-15-26(39)16-13-24/h8-21,35H,6-7,22H2,1-5H3/b33-21+/t35-/m0/s1. The Morgan fingerprint density at radius 2 is 1.71 bits per heavy atom. The number of halogens is 1. The summed E-state index contributed by atoms with van der Waals surface area (Å²) in [4.78, 5) is 35.8. The summed E-state index contributed by atoms with van der Waals surface area (Å²) in [5, 5.41) is 1.98. The van der Waals surface area contributed by atoms with E-state index in [1.807, 2.05) is 93.6 Å². The van der Waals surface area contributed by atoms with Gasteiger partial charge >= 0.3 is 0 Å². The monoisotopic (exact) mass is 725 g/mol. The summed E-state index contributed by atoms with van der Waals surface area (Å²) in [5.41, 5.74) is 3.16. The van der Waals surface area contributed by atoms with Gasteiger partial charge in [-0.2, -0.15) is 0 Å². The van der Waals surface area contributed by atoms with Gasteiger partial charge in [-0.15, -0.1) is 0 Å². The van der Waals surface area contributed by atoms with E-state index >= 15 is 0 Å². The number of carbonyl (C=O) groups is 1. The molecule has 5 aromatic rings. The molecule has 0 aliphatic carbocycles. The van der Waals surface area contributed by atoms with E-state index in [-0.39, 0.29) is 11.5 Å². The lowest BCUT2D eigenvalue weighted by Crippen LogP contribution is -2.43. The highest BCUT2D eigenvalue weighted by atomic mass is 79.9. The number of carbonyl (C=O) groups excluding carboxylic acids is 1. The number of hydrogen-bond donors (Lipinski definition) is 0. The fourth-order valence-electron chi connectivity index (χ4n) is 6.05. The van der Waals surface area contributed by atoms with Crippen LogP contribution in [0.5, 0.6) is 17.2 Å². The number of thiazole rings is 1. The van der Waals surface area contributed by atoms with E-state index in [0.29, 0.717) is 63.1 Å². The van der Waals surface area contributed by atoms with Crippen LogP contribution in [0.4, 0.5) is 0 Å². The van der Waals surface area contributed by atoms with Gasteiger partial charge in [-0.3, -0.25) is 14.2 Å². The zero-order chi connectivity index (χ0) is 33.9. The number of methoxy groups -OCH3 is 2. The number of benzene rings is 4. The number of nitrogens with zero attached hydrogens (tertiary/aromatic N) is 3. The lowest BCUT2D eigenvalue weighted by atomic mass is 9.93. The first-order valence-corrected chi connectivity index (χ1v) is 17.3. The zero-order valence-corrected chi connectivity index (χ0v) is 29.9. The van der Waals surface area contributed by atoms with Gasteiger partial charge in [-0.25, -0.2) is 4.99 Å². The number of ether oxygens (including phenoxy) is 3. The van der Waals surface area contributed by atoms with E-state index in [1.165, 1.54) is 11.3 Å². The smallest absolute Gasteiger partial charge is 0.271 e. The number of fused-ring (bicyclic) bond motifs is 2. The zero-order valence-electron chi connectivity index (χ0n) is 27.5. The van der Waals surface area contributed by atoms with Gasteiger partial charge in [0.2, 0.25) is 0 Å². The van der Waals surface area contributed by atoms with Crippen LogP contribution >= 0.6 is 27.3 Å². The van der Waals surface area contributed by atoms with Crippen LogP contribution in [-0.2, 0) is 11.4 Å². The predicted octanol–water partition coefficient (Wildman–Crippen LogP) is 6.62. The molecule has 8 nitrogen and oxygen atoms in total. The fourth-order valence-corrected chi connectivity index (χ4v) is 7.34. The highest BCUT2D eigenvalue weighted by Gasteiger charge is 2.36. The lowest BCUT2D eigenvalue weighted by molar-refractivity contribution is -0.127. The number of allylic oxidation sites excluding steroid dienone is 1. The van der Waals surface area contributed by atoms with E-state index in [1.54, 1.807) is 35.8 Å². The van der Waals surface area contributed by atoms with Crippen molar-refractivity contribution in [3.8, 4) is 17.2 Å². The molecule has 0 N–H and O–H groups in total. The second kappa shape index (κ2) is 14.2. The molecule has 1 aromatic heterocycles. The fraction of sp³-hybridized carbons (Fsp3) is 0.237. The molecule has 1 aliphatic heterocycles. The molecule has 1 aliphatic rings. The number of amides is 1. The topological polar surface area (TPSA) is 82.4 Å². The van der Waals surface area contributed by atoms with Crippen molar-refractivity contribution in [3.05, 3.63) is 131 Å². The van der Waals surface area contributed by atoms with Crippen molar-refractivity contribution in [3.63, 3.8) is 0 Å². The summed E-state index contributed by atoms with van der Waals surface area (Å²) in [6, 6.07) is 24.6. The van der Waals surface area contributed by atoms with Crippen LogP contribution in [0.2, 0.25) is 0 Å². The first kappa shape index (κ1) is 33.2. The molecule has 0 bridgehead atoms. The summed E-state index contributed by atoms with van der Waals surface area (Å²) in [5.74, 6) is 1.60. The van der Waals surface area contributed by atoms with Crippen LogP contribution in [0.1, 0.15) is 43.5 Å². The van der Waals surface area contributed by atoms with Crippen molar-refractivity contribution < 1.29 is 19.0 Å². The van der Waals surface area contributed by atoms with Gasteiger partial charge in [-0.05, 0) is 79.6 Å². The van der Waals surface area contributed by atoms with Crippen LogP contribution in [0.3, 0.4) is 0 Å². The highest BCUT2D eigenvalue weighted by Crippen LogP contribution is 2.38. The Kier molecular flexibility index (Phi) is 9.84. The van der Waals surface area contributed by atoms with Crippen LogP contribution in [-0.4, -0.2) is 42.7 Å². The third-order valence-corrected chi connectivity index (χ3v) is 10.1. The quantitative estimate of drug-likeness (QED) is 0.162. The first-order valence-electron chi connectivity index (χ1n) is 15.7. The van der Waals surface area contributed by atoms with Crippen molar-refractivity contribution in [2.45, 2.75) is 33.4 Å². The van der Waals surface area contributed by atoms with Crippen molar-refractivity contribution in [1.29, 1.82) is 0 Å². The van der Waals surface area contributed by atoms with Crippen molar-refractivity contribution in [2.24, 2.45) is 4.99 Å². The van der Waals surface area contributed by atoms with E-state index in [2.05, 4.69) is 15.9 Å². The molecule has 0 unspecified atom stereocenters. The maximum atomic E-state index is 14.6. The molecule has 0 fully saturated rings. The third-order valence-electron chi connectivity index (χ3n) is 8.55. The molecule has 10 heteroatoms.